The van der Waals surface area contributed by atoms with Crippen LogP contribution in [0.15, 0.2) is 11.4 Å². The minimum Gasteiger partial charge on any atom is -0.465 e. The van der Waals surface area contributed by atoms with Crippen LogP contribution in [0, 0.1) is 11.8 Å². The van der Waals surface area contributed by atoms with E-state index in [-0.39, 0.29) is 5.91 Å². The maximum Gasteiger partial charge on any atom is 0.350 e. The number of thiophene rings is 1. The summed E-state index contributed by atoms with van der Waals surface area (Å²) < 4.78 is 4.71. The lowest BCUT2D eigenvalue weighted by atomic mass is 10.1. The molecular weight excluding hydrogens is 300 g/mol. The van der Waals surface area contributed by atoms with E-state index >= 15 is 0 Å². The second-order valence-corrected chi connectivity index (χ2v) is 7.10. The summed E-state index contributed by atoms with van der Waals surface area (Å²) in [6.07, 6.45) is 0. The van der Waals surface area contributed by atoms with Gasteiger partial charge in [-0.15, -0.1) is 11.3 Å². The molecule has 1 aromatic heterocycles. The molecule has 0 aliphatic carbocycles. The van der Waals surface area contributed by atoms with Crippen molar-refractivity contribution in [2.45, 2.75) is 27.7 Å². The van der Waals surface area contributed by atoms with Gasteiger partial charge in [-0.05, 0) is 23.3 Å². The first kappa shape index (κ1) is 18.6. The lowest BCUT2D eigenvalue weighted by Crippen LogP contribution is -2.38. The Balaban J connectivity index is 2.67. The van der Waals surface area contributed by atoms with Gasteiger partial charge in [0.2, 0.25) is 5.91 Å². The van der Waals surface area contributed by atoms with Gasteiger partial charge in [0.05, 0.1) is 19.3 Å². The number of ether oxygens (including phenoxy) is 1. The molecule has 0 saturated heterocycles. The SMILES string of the molecule is COC(=O)c1sccc1NC(=O)CN(CC(C)C)CC(C)C. The highest BCUT2D eigenvalue weighted by Gasteiger charge is 2.18. The van der Waals surface area contributed by atoms with Crippen molar-refractivity contribution in [3.8, 4) is 0 Å². The number of nitrogens with zero attached hydrogens (tertiary/aromatic N) is 1. The van der Waals surface area contributed by atoms with E-state index in [0.29, 0.717) is 28.9 Å². The first-order valence-corrected chi connectivity index (χ1v) is 8.39. The molecule has 0 atom stereocenters. The van der Waals surface area contributed by atoms with Crippen molar-refractivity contribution in [3.05, 3.63) is 16.3 Å². The normalized spacial score (nSPS) is 11.3. The molecule has 0 aromatic carbocycles. The average Bonchev–Trinajstić information content (AvgIpc) is 2.83. The topological polar surface area (TPSA) is 58.6 Å². The van der Waals surface area contributed by atoms with Gasteiger partial charge >= 0.3 is 5.97 Å². The molecule has 0 spiro atoms. The Hall–Kier alpha value is -1.40. The molecule has 1 aromatic rings. The van der Waals surface area contributed by atoms with E-state index in [2.05, 4.69) is 37.9 Å². The molecule has 0 bridgehead atoms. The molecule has 1 amide bonds. The zero-order chi connectivity index (χ0) is 16.7. The van der Waals surface area contributed by atoms with E-state index in [1.807, 2.05) is 0 Å². The number of anilines is 1. The molecule has 0 saturated carbocycles. The Kier molecular flexibility index (Phi) is 7.55. The van der Waals surface area contributed by atoms with Gasteiger partial charge in [-0.25, -0.2) is 4.79 Å². The Labute approximate surface area is 136 Å². The maximum absolute atomic E-state index is 12.2. The smallest absolute Gasteiger partial charge is 0.350 e. The van der Waals surface area contributed by atoms with E-state index < -0.39 is 5.97 Å². The Morgan fingerprint density at radius 1 is 1.23 bits per heavy atom. The summed E-state index contributed by atoms with van der Waals surface area (Å²) in [5, 5.41) is 4.58. The van der Waals surface area contributed by atoms with Crippen LogP contribution in [0.1, 0.15) is 37.4 Å². The number of amides is 1. The van der Waals surface area contributed by atoms with Gasteiger partial charge in [0, 0.05) is 13.1 Å². The molecule has 0 unspecified atom stereocenters. The number of hydrogen-bond donors (Lipinski definition) is 1. The van der Waals surface area contributed by atoms with E-state index in [1.165, 1.54) is 18.4 Å². The quantitative estimate of drug-likeness (QED) is 0.746. The van der Waals surface area contributed by atoms with Gasteiger partial charge in [0.1, 0.15) is 4.88 Å². The van der Waals surface area contributed by atoms with Crippen molar-refractivity contribution in [2.24, 2.45) is 11.8 Å². The Morgan fingerprint density at radius 2 is 1.82 bits per heavy atom. The van der Waals surface area contributed by atoms with Crippen molar-refractivity contribution in [3.63, 3.8) is 0 Å². The molecule has 124 valence electrons. The van der Waals surface area contributed by atoms with Crippen molar-refractivity contribution < 1.29 is 14.3 Å². The number of nitrogens with one attached hydrogen (secondary N) is 1. The lowest BCUT2D eigenvalue weighted by Gasteiger charge is -2.25. The minimum absolute atomic E-state index is 0.107. The fourth-order valence-corrected chi connectivity index (χ4v) is 3.05. The van der Waals surface area contributed by atoms with Gasteiger partial charge < -0.3 is 10.1 Å². The molecule has 0 aliphatic heterocycles. The lowest BCUT2D eigenvalue weighted by molar-refractivity contribution is -0.117. The highest BCUT2D eigenvalue weighted by Crippen LogP contribution is 2.23. The van der Waals surface area contributed by atoms with E-state index in [4.69, 9.17) is 4.74 Å². The van der Waals surface area contributed by atoms with Crippen LogP contribution in [0.25, 0.3) is 0 Å². The molecule has 0 aliphatic rings. The van der Waals surface area contributed by atoms with Crippen LogP contribution < -0.4 is 5.32 Å². The fourth-order valence-electron chi connectivity index (χ4n) is 2.29. The third-order valence-electron chi connectivity index (χ3n) is 2.92. The molecule has 1 heterocycles. The first-order valence-electron chi connectivity index (χ1n) is 7.51. The standard InChI is InChI=1S/C16H26N2O3S/c1-11(2)8-18(9-12(3)4)10-14(19)17-13-6-7-22-15(13)16(20)21-5/h6-7,11-12H,8-10H2,1-5H3,(H,17,19). The second-order valence-electron chi connectivity index (χ2n) is 6.18. The summed E-state index contributed by atoms with van der Waals surface area (Å²) in [4.78, 5) is 26.4. The van der Waals surface area contributed by atoms with Crippen LogP contribution in [-0.2, 0) is 9.53 Å². The van der Waals surface area contributed by atoms with Gasteiger partial charge in [-0.1, -0.05) is 27.7 Å². The van der Waals surface area contributed by atoms with E-state index in [1.54, 1.807) is 11.4 Å². The highest BCUT2D eigenvalue weighted by atomic mass is 32.1. The molecule has 5 nitrogen and oxygen atoms in total. The average molecular weight is 326 g/mol. The highest BCUT2D eigenvalue weighted by molar-refractivity contribution is 7.12. The van der Waals surface area contributed by atoms with E-state index in [0.717, 1.165) is 13.1 Å². The van der Waals surface area contributed by atoms with Crippen molar-refractivity contribution >= 4 is 28.9 Å². The van der Waals surface area contributed by atoms with Gasteiger partial charge in [-0.3, -0.25) is 9.69 Å². The van der Waals surface area contributed by atoms with Crippen LogP contribution in [-0.4, -0.2) is 43.5 Å². The van der Waals surface area contributed by atoms with Gasteiger partial charge in [-0.2, -0.15) is 0 Å². The molecule has 6 heteroatoms. The second kappa shape index (κ2) is 8.90. The molecule has 0 fully saturated rings. The minimum atomic E-state index is -0.425. The van der Waals surface area contributed by atoms with Crippen molar-refractivity contribution in [1.29, 1.82) is 0 Å². The number of esters is 1. The van der Waals surface area contributed by atoms with Crippen molar-refractivity contribution in [2.75, 3.05) is 32.1 Å². The van der Waals surface area contributed by atoms with Crippen molar-refractivity contribution in [1.82, 2.24) is 4.90 Å². The fraction of sp³-hybridized carbons (Fsp3) is 0.625. The number of rotatable bonds is 8. The maximum atomic E-state index is 12.2. The molecule has 0 radical (unpaired) electrons. The summed E-state index contributed by atoms with van der Waals surface area (Å²) in [6.45, 7) is 10.6. The molecule has 1 N–H and O–H groups in total. The predicted molar refractivity (Wildman–Crippen MR) is 90.4 cm³/mol. The summed E-state index contributed by atoms with van der Waals surface area (Å²) in [5.74, 6) is 0.466. The third-order valence-corrected chi connectivity index (χ3v) is 3.82. The molecular formula is C16H26N2O3S. The number of hydrogen-bond acceptors (Lipinski definition) is 5. The number of methoxy groups -OCH3 is 1. The Bertz CT molecular complexity index is 487. The summed E-state index contributed by atoms with van der Waals surface area (Å²) in [6, 6.07) is 1.73. The zero-order valence-electron chi connectivity index (χ0n) is 14.0. The van der Waals surface area contributed by atoms with Gasteiger partial charge in [0.25, 0.3) is 0 Å². The largest absolute Gasteiger partial charge is 0.465 e. The monoisotopic (exact) mass is 326 g/mol. The summed E-state index contributed by atoms with van der Waals surface area (Å²) in [7, 11) is 1.33. The van der Waals surface area contributed by atoms with Crippen LogP contribution >= 0.6 is 11.3 Å². The molecule has 22 heavy (non-hydrogen) atoms. The number of carbonyl (C=O) groups is 2. The van der Waals surface area contributed by atoms with Gasteiger partial charge in [0.15, 0.2) is 0 Å². The van der Waals surface area contributed by atoms with E-state index in [9.17, 15) is 9.59 Å². The predicted octanol–water partition coefficient (Wildman–Crippen LogP) is 3.09. The van der Waals surface area contributed by atoms with Crippen LogP contribution in [0.3, 0.4) is 0 Å². The zero-order valence-corrected chi connectivity index (χ0v) is 14.8. The van der Waals surface area contributed by atoms with Crippen LogP contribution in [0.4, 0.5) is 5.69 Å². The summed E-state index contributed by atoms with van der Waals surface area (Å²) >= 11 is 1.26. The first-order chi connectivity index (χ1) is 10.3. The molecule has 1 rings (SSSR count). The summed E-state index contributed by atoms with van der Waals surface area (Å²) in [5.41, 5.74) is 0.524. The third kappa shape index (κ3) is 6.15. The van der Waals surface area contributed by atoms with Crippen LogP contribution in [0.2, 0.25) is 0 Å². The Morgan fingerprint density at radius 3 is 2.32 bits per heavy atom. The van der Waals surface area contributed by atoms with Crippen LogP contribution in [0.5, 0.6) is 0 Å². The number of carbonyl (C=O) groups excluding carboxylic acids is 2.